The minimum atomic E-state index is -0.540. The summed E-state index contributed by atoms with van der Waals surface area (Å²) in [6, 6.07) is 0. The minimum Gasteiger partial charge on any atom is -0.462 e. The summed E-state index contributed by atoms with van der Waals surface area (Å²) < 4.78 is 17.4. The van der Waals surface area contributed by atoms with Gasteiger partial charge < -0.3 is 14.2 Å². The number of ether oxygens (including phenoxy) is 3. The predicted molar refractivity (Wildman–Crippen MR) is 279 cm³/mol. The van der Waals surface area contributed by atoms with Crippen molar-refractivity contribution >= 4 is 11.9 Å². The highest BCUT2D eigenvalue weighted by Gasteiger charge is 2.17. The lowest BCUT2D eigenvalue weighted by Crippen LogP contribution is -2.30. The normalized spacial score (nSPS) is 12.5. The lowest BCUT2D eigenvalue weighted by molar-refractivity contribution is -0.163. The molecule has 0 aliphatic heterocycles. The van der Waals surface area contributed by atoms with Crippen LogP contribution in [-0.2, 0) is 23.8 Å². The van der Waals surface area contributed by atoms with E-state index in [0.29, 0.717) is 19.4 Å². The van der Waals surface area contributed by atoms with Crippen LogP contribution in [0.2, 0.25) is 0 Å². The molecule has 64 heavy (non-hydrogen) atoms. The Bertz CT molecular complexity index is 1060. The van der Waals surface area contributed by atoms with Gasteiger partial charge in [-0.05, 0) is 83.5 Å². The molecule has 0 bridgehead atoms. The summed E-state index contributed by atoms with van der Waals surface area (Å²) in [6.07, 6.45) is 68.4. The Morgan fingerprint density at radius 1 is 0.344 bits per heavy atom. The molecular weight excluding hydrogens is 789 g/mol. The van der Waals surface area contributed by atoms with Crippen LogP contribution in [0.25, 0.3) is 0 Å². The lowest BCUT2D eigenvalue weighted by atomic mass is 10.1. The van der Waals surface area contributed by atoms with Gasteiger partial charge in [0.05, 0.1) is 6.61 Å². The highest BCUT2D eigenvalue weighted by molar-refractivity contribution is 5.70. The van der Waals surface area contributed by atoms with Crippen LogP contribution in [0.1, 0.15) is 290 Å². The monoisotopic (exact) mass is 897 g/mol. The van der Waals surface area contributed by atoms with Gasteiger partial charge >= 0.3 is 11.9 Å². The van der Waals surface area contributed by atoms with E-state index >= 15 is 0 Å². The van der Waals surface area contributed by atoms with Gasteiger partial charge in [-0.15, -0.1) is 0 Å². The van der Waals surface area contributed by atoms with E-state index in [1.807, 2.05) is 0 Å². The van der Waals surface area contributed by atoms with Gasteiger partial charge in [-0.1, -0.05) is 243 Å². The SMILES string of the molecule is CCCCC/C=C\C/C=C\C/C=C\CCCCCCCCCOCC(COC(=O)CCCCCCCCC/C=C\CCCCCCCC)OC(=O)CCCCCCCCCCCCC. The Morgan fingerprint density at radius 3 is 1.09 bits per heavy atom. The maximum Gasteiger partial charge on any atom is 0.306 e. The van der Waals surface area contributed by atoms with Crippen molar-refractivity contribution < 1.29 is 23.8 Å². The van der Waals surface area contributed by atoms with Gasteiger partial charge in [-0.2, -0.15) is 0 Å². The molecule has 0 amide bonds. The Labute approximate surface area is 399 Å². The third-order valence-electron chi connectivity index (χ3n) is 12.3. The number of esters is 2. The highest BCUT2D eigenvalue weighted by Crippen LogP contribution is 2.15. The van der Waals surface area contributed by atoms with Crippen molar-refractivity contribution in [3.05, 3.63) is 48.6 Å². The molecule has 0 aromatic heterocycles. The second kappa shape index (κ2) is 55.2. The molecule has 0 saturated carbocycles. The zero-order valence-electron chi connectivity index (χ0n) is 43.1. The molecule has 0 fully saturated rings. The topological polar surface area (TPSA) is 61.8 Å². The molecule has 1 unspecified atom stereocenters. The van der Waals surface area contributed by atoms with Crippen molar-refractivity contribution in [2.24, 2.45) is 0 Å². The largest absolute Gasteiger partial charge is 0.462 e. The molecule has 0 aromatic carbocycles. The van der Waals surface area contributed by atoms with E-state index in [2.05, 4.69) is 69.4 Å². The van der Waals surface area contributed by atoms with E-state index < -0.39 is 6.10 Å². The van der Waals surface area contributed by atoms with Crippen LogP contribution in [0, 0.1) is 0 Å². The molecule has 0 rings (SSSR count). The first kappa shape index (κ1) is 61.9. The van der Waals surface area contributed by atoms with Gasteiger partial charge in [-0.3, -0.25) is 9.59 Å². The molecule has 0 saturated heterocycles. The van der Waals surface area contributed by atoms with Crippen molar-refractivity contribution in [2.45, 2.75) is 297 Å². The van der Waals surface area contributed by atoms with Crippen LogP contribution < -0.4 is 0 Å². The molecule has 0 radical (unpaired) electrons. The van der Waals surface area contributed by atoms with Crippen LogP contribution >= 0.6 is 0 Å². The molecule has 0 aromatic rings. The third-order valence-corrected chi connectivity index (χ3v) is 12.3. The first-order valence-corrected chi connectivity index (χ1v) is 28.2. The molecule has 374 valence electrons. The highest BCUT2D eigenvalue weighted by atomic mass is 16.6. The van der Waals surface area contributed by atoms with Crippen LogP contribution in [0.5, 0.6) is 0 Å². The molecule has 0 aliphatic rings. The number of hydrogen-bond donors (Lipinski definition) is 0. The molecule has 0 heterocycles. The molecule has 5 nitrogen and oxygen atoms in total. The molecule has 5 heteroatoms. The van der Waals surface area contributed by atoms with Crippen LogP contribution in [-0.4, -0.2) is 37.9 Å². The molecule has 0 spiro atoms. The zero-order chi connectivity index (χ0) is 46.3. The molecule has 1 atom stereocenters. The zero-order valence-corrected chi connectivity index (χ0v) is 43.1. The van der Waals surface area contributed by atoms with E-state index in [1.54, 1.807) is 0 Å². The summed E-state index contributed by atoms with van der Waals surface area (Å²) in [5.41, 5.74) is 0. The van der Waals surface area contributed by atoms with E-state index in [1.165, 1.54) is 205 Å². The third kappa shape index (κ3) is 52.5. The minimum absolute atomic E-state index is 0.0823. The van der Waals surface area contributed by atoms with E-state index in [-0.39, 0.29) is 25.2 Å². The van der Waals surface area contributed by atoms with Gasteiger partial charge in [0.1, 0.15) is 6.61 Å². The lowest BCUT2D eigenvalue weighted by Gasteiger charge is -2.18. The van der Waals surface area contributed by atoms with Crippen LogP contribution in [0.4, 0.5) is 0 Å². The number of unbranched alkanes of at least 4 members (excludes halogenated alkanes) is 33. The van der Waals surface area contributed by atoms with Gasteiger partial charge in [-0.25, -0.2) is 0 Å². The molecule has 0 aliphatic carbocycles. The summed E-state index contributed by atoms with van der Waals surface area (Å²) in [7, 11) is 0. The summed E-state index contributed by atoms with van der Waals surface area (Å²) in [5, 5.41) is 0. The summed E-state index contributed by atoms with van der Waals surface area (Å²) in [6.45, 7) is 7.81. The summed E-state index contributed by atoms with van der Waals surface area (Å²) in [5.74, 6) is -0.396. The van der Waals surface area contributed by atoms with Crippen LogP contribution in [0.15, 0.2) is 48.6 Å². The second-order valence-electron chi connectivity index (χ2n) is 18.8. The maximum atomic E-state index is 12.8. The average Bonchev–Trinajstić information content (AvgIpc) is 3.30. The quantitative estimate of drug-likeness (QED) is 0.0346. The number of rotatable bonds is 52. The number of allylic oxidation sites excluding steroid dienone is 8. The first-order valence-electron chi connectivity index (χ1n) is 28.2. The van der Waals surface area contributed by atoms with E-state index in [9.17, 15) is 9.59 Å². The number of carbonyl (C=O) groups is 2. The van der Waals surface area contributed by atoms with Gasteiger partial charge in [0.2, 0.25) is 0 Å². The fourth-order valence-corrected chi connectivity index (χ4v) is 8.10. The van der Waals surface area contributed by atoms with Crippen molar-refractivity contribution in [1.82, 2.24) is 0 Å². The Hall–Kier alpha value is -2.14. The van der Waals surface area contributed by atoms with Gasteiger partial charge in [0, 0.05) is 19.4 Å². The summed E-state index contributed by atoms with van der Waals surface area (Å²) in [4.78, 5) is 25.4. The van der Waals surface area contributed by atoms with Crippen molar-refractivity contribution in [1.29, 1.82) is 0 Å². The average molecular weight is 898 g/mol. The first-order chi connectivity index (χ1) is 31.6. The van der Waals surface area contributed by atoms with Crippen molar-refractivity contribution in [3.63, 3.8) is 0 Å². The van der Waals surface area contributed by atoms with Crippen LogP contribution in [0.3, 0.4) is 0 Å². The Morgan fingerprint density at radius 2 is 0.656 bits per heavy atom. The smallest absolute Gasteiger partial charge is 0.306 e. The van der Waals surface area contributed by atoms with Crippen molar-refractivity contribution in [2.75, 3.05) is 19.8 Å². The Balaban J connectivity index is 4.22. The Kier molecular flexibility index (Phi) is 53.3. The van der Waals surface area contributed by atoms with Crippen molar-refractivity contribution in [3.8, 4) is 0 Å². The fraction of sp³-hybridized carbons (Fsp3) is 0.831. The van der Waals surface area contributed by atoms with Gasteiger partial charge in [0.15, 0.2) is 6.10 Å². The van der Waals surface area contributed by atoms with E-state index in [0.717, 1.165) is 51.4 Å². The number of carbonyl (C=O) groups excluding carboxylic acids is 2. The standard InChI is InChI=1S/C59H108O5/c1-4-7-10-13-16-19-22-24-26-28-29-30-32-34-36-39-42-45-48-51-54-62-55-57(64-59(61)53-50-47-44-41-37-21-18-15-12-9-6-3)56-63-58(60)52-49-46-43-40-38-35-33-31-27-25-23-20-17-14-11-8-5-2/h16,19,24-27,29-30,57H,4-15,17-18,20-23,28,31-56H2,1-3H3/b19-16-,26-24-,27-25-,30-29-. The molecule has 0 N–H and O–H groups in total. The van der Waals surface area contributed by atoms with Gasteiger partial charge in [0.25, 0.3) is 0 Å². The predicted octanol–water partition coefficient (Wildman–Crippen LogP) is 19.1. The maximum absolute atomic E-state index is 12.8. The second-order valence-corrected chi connectivity index (χ2v) is 18.8. The summed E-state index contributed by atoms with van der Waals surface area (Å²) >= 11 is 0. The fourth-order valence-electron chi connectivity index (χ4n) is 8.10. The van der Waals surface area contributed by atoms with E-state index in [4.69, 9.17) is 14.2 Å². The molecular formula is C59H108O5. The number of hydrogen-bond acceptors (Lipinski definition) is 5.